The van der Waals surface area contributed by atoms with Gasteiger partial charge in [0.2, 0.25) is 0 Å². The van der Waals surface area contributed by atoms with Crippen LogP contribution in [0, 0.1) is 39.9 Å². The average Bonchev–Trinajstić information content (AvgIpc) is 2.50. The highest BCUT2D eigenvalue weighted by atomic mass is 31.1. The van der Waals surface area contributed by atoms with Gasteiger partial charge < -0.3 is 0 Å². The summed E-state index contributed by atoms with van der Waals surface area (Å²) < 4.78 is 0. The van der Waals surface area contributed by atoms with Gasteiger partial charge in [0.15, 0.2) is 0 Å². The van der Waals surface area contributed by atoms with Crippen molar-refractivity contribution in [2.45, 2.75) is 123 Å². The molecule has 192 valence electrons. The third-order valence-electron chi connectivity index (χ3n) is 5.95. The lowest BCUT2D eigenvalue weighted by Crippen LogP contribution is -2.24. The Morgan fingerprint density at radius 2 is 1.06 bits per heavy atom. The normalized spacial score (nSPS) is 13.4. The van der Waals surface area contributed by atoms with Crippen LogP contribution in [0.25, 0.3) is 0 Å². The highest BCUT2D eigenvalue weighted by molar-refractivity contribution is 7.38. The topological polar surface area (TPSA) is 17.1 Å². The summed E-state index contributed by atoms with van der Waals surface area (Å²) in [5, 5.41) is 0. The first-order valence-electron chi connectivity index (χ1n) is 13.1. The molecule has 0 radical (unpaired) electrons. The molecule has 32 heavy (non-hydrogen) atoms. The minimum atomic E-state index is 0.174. The van der Waals surface area contributed by atoms with Crippen LogP contribution < -0.4 is 0 Å². The second-order valence-electron chi connectivity index (χ2n) is 14.1. The van der Waals surface area contributed by atoms with E-state index in [0.29, 0.717) is 22.5 Å². The van der Waals surface area contributed by atoms with Gasteiger partial charge in [0.05, 0.1) is 0 Å². The Morgan fingerprint density at radius 3 is 1.44 bits per heavy atom. The van der Waals surface area contributed by atoms with Gasteiger partial charge in [0, 0.05) is 12.3 Å². The maximum absolute atomic E-state index is 11.9. The first kappa shape index (κ1) is 34.0. The number of rotatable bonds is 14. The standard InChI is InChI=1S/C17H35OP.C13H26/c1-13(2)9-16(5,6)11-19-12-17(7,8)10-15(18)14(3)4;1-10(2)8-13(6,7)9-12(5)11(3)4/h13-14,19H,9-12H2,1-8H3;10-11H,5,8-9H2,1-4,6-7H3. The summed E-state index contributed by atoms with van der Waals surface area (Å²) in [6.45, 7) is 35.8. The maximum atomic E-state index is 11.9. The summed E-state index contributed by atoms with van der Waals surface area (Å²) in [6, 6.07) is 0. The number of hydrogen-bond donors (Lipinski definition) is 0. The minimum absolute atomic E-state index is 0.174. The molecule has 0 aromatic heterocycles. The zero-order valence-electron chi connectivity index (χ0n) is 24.7. The number of allylic oxidation sites excluding steroid dienone is 1. The van der Waals surface area contributed by atoms with Gasteiger partial charge in [-0.15, -0.1) is 8.58 Å². The molecule has 2 heteroatoms. The van der Waals surface area contributed by atoms with Crippen LogP contribution in [-0.4, -0.2) is 18.1 Å². The predicted molar refractivity (Wildman–Crippen MR) is 151 cm³/mol. The smallest absolute Gasteiger partial charge is 0.135 e. The summed E-state index contributed by atoms with van der Waals surface area (Å²) in [4.78, 5) is 11.9. The lowest BCUT2D eigenvalue weighted by molar-refractivity contribution is -0.123. The Balaban J connectivity index is 0. The number of ketones is 1. The molecule has 0 aromatic carbocycles. The Bertz CT molecular complexity index is 535. The van der Waals surface area contributed by atoms with E-state index >= 15 is 0 Å². The van der Waals surface area contributed by atoms with E-state index in [1.54, 1.807) is 0 Å². The lowest BCUT2D eigenvalue weighted by Gasteiger charge is -2.30. The molecule has 1 unspecified atom stereocenters. The van der Waals surface area contributed by atoms with Crippen LogP contribution in [0.4, 0.5) is 0 Å². The number of carbonyl (C=O) groups excluding carboxylic acids is 1. The second-order valence-corrected chi connectivity index (χ2v) is 15.3. The van der Waals surface area contributed by atoms with Crippen molar-refractivity contribution in [3.05, 3.63) is 12.2 Å². The third-order valence-corrected chi connectivity index (χ3v) is 8.36. The molecule has 0 fully saturated rings. The van der Waals surface area contributed by atoms with Gasteiger partial charge in [-0.1, -0.05) is 109 Å². The molecular weight excluding hydrogens is 407 g/mol. The van der Waals surface area contributed by atoms with Crippen molar-refractivity contribution >= 4 is 14.4 Å². The largest absolute Gasteiger partial charge is 0.299 e. The quantitative estimate of drug-likeness (QED) is 0.183. The van der Waals surface area contributed by atoms with Crippen LogP contribution in [0.5, 0.6) is 0 Å². The number of hydrogen-bond acceptors (Lipinski definition) is 1. The van der Waals surface area contributed by atoms with Crippen molar-refractivity contribution in [1.29, 1.82) is 0 Å². The van der Waals surface area contributed by atoms with Gasteiger partial charge in [-0.2, -0.15) is 0 Å². The Hall–Kier alpha value is -0.160. The van der Waals surface area contributed by atoms with Gasteiger partial charge in [0.25, 0.3) is 0 Å². The van der Waals surface area contributed by atoms with Crippen LogP contribution in [0.2, 0.25) is 0 Å². The van der Waals surface area contributed by atoms with Crippen LogP contribution in [0.15, 0.2) is 12.2 Å². The van der Waals surface area contributed by atoms with E-state index in [-0.39, 0.29) is 11.3 Å². The van der Waals surface area contributed by atoms with Gasteiger partial charge in [-0.3, -0.25) is 4.79 Å². The van der Waals surface area contributed by atoms with E-state index in [1.807, 2.05) is 13.8 Å². The SMILES string of the molecule is C=C(CC(C)(C)CC(C)C)C(C)C.CC(C)CC(C)(C)CPCC(C)(C)CC(=O)C(C)C. The monoisotopic (exact) mass is 468 g/mol. The molecule has 1 nitrogen and oxygen atoms in total. The van der Waals surface area contributed by atoms with Crippen molar-refractivity contribution in [1.82, 2.24) is 0 Å². The summed E-state index contributed by atoms with van der Waals surface area (Å²) in [6.07, 6.45) is 6.98. The molecule has 0 amide bonds. The molecule has 0 rings (SSSR count). The summed E-state index contributed by atoms with van der Waals surface area (Å²) in [5.41, 5.74) is 2.44. The van der Waals surface area contributed by atoms with Crippen molar-refractivity contribution in [3.63, 3.8) is 0 Å². The molecule has 0 saturated heterocycles. The first-order valence-corrected chi connectivity index (χ1v) is 14.5. The first-order chi connectivity index (χ1) is 14.2. The zero-order valence-corrected chi connectivity index (χ0v) is 25.7. The second kappa shape index (κ2) is 15.0. The lowest BCUT2D eigenvalue weighted by atomic mass is 9.77. The summed E-state index contributed by atoms with van der Waals surface area (Å²) in [5.74, 6) is 2.79. The van der Waals surface area contributed by atoms with Crippen LogP contribution in [0.3, 0.4) is 0 Å². The molecular formula is C30H61OP. The molecule has 0 aliphatic carbocycles. The molecule has 1 atom stereocenters. The van der Waals surface area contributed by atoms with E-state index in [1.165, 1.54) is 37.2 Å². The van der Waals surface area contributed by atoms with Crippen molar-refractivity contribution in [2.24, 2.45) is 39.9 Å². The van der Waals surface area contributed by atoms with Crippen molar-refractivity contribution in [2.75, 3.05) is 12.3 Å². The number of carbonyl (C=O) groups is 1. The van der Waals surface area contributed by atoms with E-state index < -0.39 is 0 Å². The zero-order chi connectivity index (χ0) is 25.9. The Morgan fingerprint density at radius 1 is 0.656 bits per heavy atom. The predicted octanol–water partition coefficient (Wildman–Crippen LogP) is 10.0. The Labute approximate surface area is 206 Å². The van der Waals surface area contributed by atoms with Crippen LogP contribution in [0.1, 0.15) is 123 Å². The highest BCUT2D eigenvalue weighted by Crippen LogP contribution is 2.37. The summed E-state index contributed by atoms with van der Waals surface area (Å²) in [7, 11) is 0.975. The molecule has 0 heterocycles. The molecule has 0 aromatic rings. The van der Waals surface area contributed by atoms with Gasteiger partial charge in [-0.25, -0.2) is 0 Å². The highest BCUT2D eigenvalue weighted by Gasteiger charge is 2.25. The minimum Gasteiger partial charge on any atom is -0.299 e. The molecule has 0 bridgehead atoms. The van der Waals surface area contributed by atoms with Crippen molar-refractivity contribution < 1.29 is 4.79 Å². The van der Waals surface area contributed by atoms with Gasteiger partial charge in [0.1, 0.15) is 5.78 Å². The average molecular weight is 469 g/mol. The fraction of sp³-hybridized carbons (Fsp3) is 0.900. The van der Waals surface area contributed by atoms with Crippen molar-refractivity contribution in [3.8, 4) is 0 Å². The maximum Gasteiger partial charge on any atom is 0.135 e. The van der Waals surface area contributed by atoms with E-state index in [2.05, 4.69) is 89.7 Å². The van der Waals surface area contributed by atoms with Crippen LogP contribution in [-0.2, 0) is 4.79 Å². The fourth-order valence-corrected chi connectivity index (χ4v) is 6.40. The van der Waals surface area contributed by atoms with E-state index in [0.717, 1.165) is 26.8 Å². The molecule has 0 saturated carbocycles. The molecule has 0 aliphatic rings. The molecule has 0 aliphatic heterocycles. The fourth-order valence-electron chi connectivity index (χ4n) is 4.65. The summed E-state index contributed by atoms with van der Waals surface area (Å²) >= 11 is 0. The molecule has 0 N–H and O–H groups in total. The van der Waals surface area contributed by atoms with E-state index in [4.69, 9.17) is 0 Å². The van der Waals surface area contributed by atoms with Gasteiger partial charge in [-0.05, 0) is 65.6 Å². The third kappa shape index (κ3) is 19.3. The van der Waals surface area contributed by atoms with Gasteiger partial charge >= 0.3 is 0 Å². The Kier molecular flexibility index (Phi) is 15.9. The number of Topliss-reactive ketones (excluding diaryl/α,β-unsaturated/α-hetero) is 1. The molecule has 0 spiro atoms. The van der Waals surface area contributed by atoms with Crippen LogP contribution >= 0.6 is 8.58 Å². The van der Waals surface area contributed by atoms with E-state index in [9.17, 15) is 4.79 Å².